The Labute approximate surface area is 163 Å². The first-order valence-electron chi connectivity index (χ1n) is 8.76. The molecular weight excluding hydrogens is 370 g/mol. The van der Waals surface area contributed by atoms with Gasteiger partial charge in [0.1, 0.15) is 0 Å². The Morgan fingerprint density at radius 1 is 1.04 bits per heavy atom. The summed E-state index contributed by atoms with van der Waals surface area (Å²) in [6, 6.07) is 4.62. The molecule has 0 unspecified atom stereocenters. The quantitative estimate of drug-likeness (QED) is 0.165. The van der Waals surface area contributed by atoms with Gasteiger partial charge in [-0.3, -0.25) is 14.4 Å². The van der Waals surface area contributed by atoms with E-state index in [0.29, 0.717) is 69.5 Å². The molecule has 0 saturated carbocycles. The number of hydrogen-bond acceptors (Lipinski definition) is 8. The average molecular weight is 397 g/mol. The minimum Gasteiger partial charge on any atom is -0.469 e. The van der Waals surface area contributed by atoms with Gasteiger partial charge in [0.2, 0.25) is 6.41 Å². The van der Waals surface area contributed by atoms with Crippen LogP contribution < -0.4 is 16.4 Å². The first-order chi connectivity index (χ1) is 13.6. The summed E-state index contributed by atoms with van der Waals surface area (Å²) in [7, 11) is 1.33. The van der Waals surface area contributed by atoms with E-state index in [9.17, 15) is 14.4 Å². The molecule has 0 radical (unpaired) electrons. The van der Waals surface area contributed by atoms with E-state index in [0.717, 1.165) is 0 Å². The maximum Gasteiger partial charge on any atom is 0.307 e. The molecule has 0 aliphatic rings. The minimum atomic E-state index is -0.309. The third-order valence-electron chi connectivity index (χ3n) is 3.48. The predicted octanol–water partition coefficient (Wildman–Crippen LogP) is 0.180. The first kappa shape index (κ1) is 23.3. The van der Waals surface area contributed by atoms with Gasteiger partial charge >= 0.3 is 5.97 Å². The van der Waals surface area contributed by atoms with Crippen molar-refractivity contribution in [3.8, 4) is 0 Å². The van der Waals surface area contributed by atoms with E-state index in [1.807, 2.05) is 0 Å². The molecule has 1 rings (SSSR count). The molecule has 0 heterocycles. The van der Waals surface area contributed by atoms with Crippen LogP contribution in [-0.4, -0.2) is 71.6 Å². The van der Waals surface area contributed by atoms with Gasteiger partial charge in [0, 0.05) is 12.1 Å². The fourth-order valence-corrected chi connectivity index (χ4v) is 2.02. The van der Waals surface area contributed by atoms with Crippen molar-refractivity contribution in [3.05, 3.63) is 23.8 Å². The van der Waals surface area contributed by atoms with Crippen molar-refractivity contribution in [2.45, 2.75) is 6.42 Å². The number of amides is 2. The lowest BCUT2D eigenvalue weighted by atomic mass is 10.1. The predicted molar refractivity (Wildman–Crippen MR) is 102 cm³/mol. The lowest BCUT2D eigenvalue weighted by Gasteiger charge is -2.09. The number of benzene rings is 1. The van der Waals surface area contributed by atoms with E-state index in [1.165, 1.54) is 13.2 Å². The summed E-state index contributed by atoms with van der Waals surface area (Å²) in [5, 5.41) is 5.14. The summed E-state index contributed by atoms with van der Waals surface area (Å²) in [6.07, 6.45) is 0.717. The van der Waals surface area contributed by atoms with Crippen LogP contribution >= 0.6 is 0 Å². The summed E-state index contributed by atoms with van der Waals surface area (Å²) in [5.41, 5.74) is 6.83. The van der Waals surface area contributed by atoms with E-state index in [-0.39, 0.29) is 18.3 Å². The molecule has 0 aliphatic heterocycles. The molecule has 0 saturated heterocycles. The second-order valence-corrected chi connectivity index (χ2v) is 5.48. The van der Waals surface area contributed by atoms with Crippen LogP contribution in [0.15, 0.2) is 18.2 Å². The van der Waals surface area contributed by atoms with Crippen LogP contribution in [0.25, 0.3) is 0 Å². The summed E-state index contributed by atoms with van der Waals surface area (Å²) in [5.74, 6) is -0.603. The van der Waals surface area contributed by atoms with Gasteiger partial charge in [0.15, 0.2) is 0 Å². The molecule has 1 aromatic carbocycles. The number of methoxy groups -OCH3 is 1. The van der Waals surface area contributed by atoms with Gasteiger partial charge in [-0.2, -0.15) is 0 Å². The van der Waals surface area contributed by atoms with Gasteiger partial charge in [-0.25, -0.2) is 0 Å². The third kappa shape index (κ3) is 9.86. The van der Waals surface area contributed by atoms with Crippen molar-refractivity contribution < 1.29 is 33.3 Å². The Morgan fingerprint density at radius 3 is 2.32 bits per heavy atom. The normalized spacial score (nSPS) is 10.3. The van der Waals surface area contributed by atoms with Crippen molar-refractivity contribution in [1.82, 2.24) is 5.32 Å². The highest BCUT2D eigenvalue weighted by atomic mass is 16.5. The number of esters is 1. The number of nitrogen functional groups attached to an aromatic ring is 1. The van der Waals surface area contributed by atoms with Crippen LogP contribution in [0.2, 0.25) is 0 Å². The number of nitrogens with two attached hydrogens (primary N) is 1. The Kier molecular flexibility index (Phi) is 12.0. The van der Waals surface area contributed by atoms with Crippen LogP contribution in [0.3, 0.4) is 0 Å². The number of ether oxygens (including phenoxy) is 4. The lowest BCUT2D eigenvalue weighted by molar-refractivity contribution is -0.142. The smallest absolute Gasteiger partial charge is 0.307 e. The molecular formula is C18H27N3O7. The maximum atomic E-state index is 12.0. The maximum absolute atomic E-state index is 12.0. The fraction of sp³-hybridized carbons (Fsp3) is 0.500. The van der Waals surface area contributed by atoms with Crippen LogP contribution in [0.5, 0.6) is 0 Å². The molecule has 4 N–H and O–H groups in total. The Morgan fingerprint density at radius 2 is 1.68 bits per heavy atom. The molecule has 156 valence electrons. The SMILES string of the molecule is COC(=O)CCOCCOCCOCCNC(=O)c1ccc(N)c(NC=O)c1. The highest BCUT2D eigenvalue weighted by molar-refractivity contribution is 5.97. The van der Waals surface area contributed by atoms with Crippen LogP contribution in [0.4, 0.5) is 11.4 Å². The molecule has 0 spiro atoms. The molecule has 2 amide bonds. The lowest BCUT2D eigenvalue weighted by Crippen LogP contribution is -2.27. The Hall–Kier alpha value is -2.69. The first-order valence-corrected chi connectivity index (χ1v) is 8.76. The molecule has 10 nitrogen and oxygen atoms in total. The number of carbonyl (C=O) groups excluding carboxylic acids is 3. The minimum absolute atomic E-state index is 0.219. The van der Waals surface area contributed by atoms with Gasteiger partial charge in [-0.05, 0) is 18.2 Å². The molecule has 0 atom stereocenters. The second kappa shape index (κ2) is 14.4. The van der Waals surface area contributed by atoms with Crippen molar-refractivity contribution in [3.63, 3.8) is 0 Å². The number of nitrogens with one attached hydrogen (secondary N) is 2. The topological polar surface area (TPSA) is 138 Å². The van der Waals surface area contributed by atoms with Crippen molar-refractivity contribution in [2.24, 2.45) is 0 Å². The summed E-state index contributed by atoms with van der Waals surface area (Å²) in [6.45, 7) is 2.52. The highest BCUT2D eigenvalue weighted by Crippen LogP contribution is 2.19. The standard InChI is InChI=1S/C18H27N3O7/c1-25-17(23)4-6-26-8-10-28-11-9-27-7-5-20-18(24)14-2-3-15(19)16(12-14)21-13-22/h2-3,12-13H,4-11,19H2,1H3,(H,20,24)(H,21,22). The zero-order valence-corrected chi connectivity index (χ0v) is 15.9. The fourth-order valence-electron chi connectivity index (χ4n) is 2.02. The van der Waals surface area contributed by atoms with E-state index in [4.69, 9.17) is 19.9 Å². The number of rotatable bonds is 15. The van der Waals surface area contributed by atoms with E-state index < -0.39 is 0 Å². The van der Waals surface area contributed by atoms with Crippen LogP contribution in [0, 0.1) is 0 Å². The molecule has 0 aromatic heterocycles. The van der Waals surface area contributed by atoms with E-state index in [1.54, 1.807) is 12.1 Å². The summed E-state index contributed by atoms with van der Waals surface area (Å²) >= 11 is 0. The zero-order chi connectivity index (χ0) is 20.6. The number of carbonyl (C=O) groups is 3. The van der Waals surface area contributed by atoms with Crippen molar-refractivity contribution in [2.75, 3.05) is 64.3 Å². The molecule has 0 fully saturated rings. The Balaban J connectivity index is 2.02. The molecule has 1 aromatic rings. The summed E-state index contributed by atoms with van der Waals surface area (Å²) in [4.78, 5) is 33.4. The van der Waals surface area contributed by atoms with Crippen molar-refractivity contribution in [1.29, 1.82) is 0 Å². The van der Waals surface area contributed by atoms with E-state index in [2.05, 4.69) is 15.4 Å². The van der Waals surface area contributed by atoms with Gasteiger partial charge in [-0.15, -0.1) is 0 Å². The van der Waals surface area contributed by atoms with Crippen LogP contribution in [0.1, 0.15) is 16.8 Å². The van der Waals surface area contributed by atoms with Gasteiger partial charge in [0.05, 0.1) is 64.5 Å². The van der Waals surface area contributed by atoms with Crippen LogP contribution in [-0.2, 0) is 28.5 Å². The molecule has 0 bridgehead atoms. The van der Waals surface area contributed by atoms with Gasteiger partial charge < -0.3 is 35.3 Å². The van der Waals surface area contributed by atoms with Gasteiger partial charge in [0.25, 0.3) is 5.91 Å². The number of anilines is 2. The zero-order valence-electron chi connectivity index (χ0n) is 15.9. The number of hydrogen-bond donors (Lipinski definition) is 3. The molecule has 28 heavy (non-hydrogen) atoms. The average Bonchev–Trinajstić information content (AvgIpc) is 2.70. The third-order valence-corrected chi connectivity index (χ3v) is 3.48. The molecule has 0 aliphatic carbocycles. The largest absolute Gasteiger partial charge is 0.469 e. The summed E-state index contributed by atoms with van der Waals surface area (Å²) < 4.78 is 20.4. The Bertz CT molecular complexity index is 625. The highest BCUT2D eigenvalue weighted by Gasteiger charge is 2.08. The van der Waals surface area contributed by atoms with E-state index >= 15 is 0 Å². The second-order valence-electron chi connectivity index (χ2n) is 5.48. The molecule has 10 heteroatoms. The van der Waals surface area contributed by atoms with Crippen molar-refractivity contribution >= 4 is 29.7 Å². The van der Waals surface area contributed by atoms with Gasteiger partial charge in [-0.1, -0.05) is 0 Å². The monoisotopic (exact) mass is 397 g/mol.